The van der Waals surface area contributed by atoms with Crippen molar-refractivity contribution in [1.82, 2.24) is 14.8 Å². The molecule has 8 nitrogen and oxygen atoms in total. The van der Waals surface area contributed by atoms with Crippen molar-refractivity contribution < 1.29 is 19.4 Å². The molecule has 0 atom stereocenters. The van der Waals surface area contributed by atoms with Crippen LogP contribution in [0.2, 0.25) is 0 Å². The van der Waals surface area contributed by atoms with Crippen LogP contribution in [-0.2, 0) is 35.3 Å². The fraction of sp³-hybridized carbons (Fsp3) is 0.414. The molecule has 1 aromatic heterocycles. The number of carboxylic acid groups (broad SMARTS) is 1. The van der Waals surface area contributed by atoms with E-state index in [-0.39, 0.29) is 12.5 Å². The zero-order valence-corrected chi connectivity index (χ0v) is 22.2. The van der Waals surface area contributed by atoms with Crippen molar-refractivity contribution >= 4 is 28.9 Å². The highest BCUT2D eigenvalue weighted by Gasteiger charge is 2.31. The van der Waals surface area contributed by atoms with Crippen LogP contribution in [0.4, 0.5) is 5.69 Å². The van der Waals surface area contributed by atoms with Gasteiger partial charge in [0.2, 0.25) is 0 Å². The molecule has 1 N–H and O–H groups in total. The Morgan fingerprint density at radius 1 is 1.00 bits per heavy atom. The number of aromatic nitrogens is 1. The van der Waals surface area contributed by atoms with Gasteiger partial charge in [-0.2, -0.15) is 0 Å². The largest absolute Gasteiger partial charge is 0.480 e. The molecule has 38 heavy (non-hydrogen) atoms. The summed E-state index contributed by atoms with van der Waals surface area (Å²) >= 11 is 1.41. The summed E-state index contributed by atoms with van der Waals surface area (Å²) < 4.78 is 5.47. The Morgan fingerprint density at radius 2 is 1.84 bits per heavy atom. The van der Waals surface area contributed by atoms with Crippen LogP contribution in [0.5, 0.6) is 0 Å². The van der Waals surface area contributed by atoms with E-state index in [2.05, 4.69) is 40.2 Å². The van der Waals surface area contributed by atoms with Gasteiger partial charge in [0, 0.05) is 56.3 Å². The molecule has 9 heteroatoms. The van der Waals surface area contributed by atoms with E-state index >= 15 is 0 Å². The number of carboxylic acids is 1. The minimum absolute atomic E-state index is 0.0112. The molecule has 0 bridgehead atoms. The average Bonchev–Trinajstić information content (AvgIpc) is 3.56. The molecular weight excluding hydrogens is 500 g/mol. The number of rotatable bonds is 7. The molecule has 0 radical (unpaired) electrons. The Bertz CT molecular complexity index is 1350. The third kappa shape index (κ3) is 5.24. The molecule has 6 rings (SSSR count). The first-order valence-corrected chi connectivity index (χ1v) is 14.1. The highest BCUT2D eigenvalue weighted by molar-refractivity contribution is 7.13. The number of carbonyl (C=O) groups is 2. The molecule has 198 valence electrons. The number of benzene rings is 2. The van der Waals surface area contributed by atoms with Gasteiger partial charge in [0.15, 0.2) is 5.01 Å². The molecule has 3 aliphatic rings. The monoisotopic (exact) mass is 532 g/mol. The van der Waals surface area contributed by atoms with Gasteiger partial charge in [0.25, 0.3) is 5.91 Å². The van der Waals surface area contributed by atoms with E-state index < -0.39 is 5.97 Å². The summed E-state index contributed by atoms with van der Waals surface area (Å²) in [7, 11) is 0. The molecule has 3 aromatic rings. The lowest BCUT2D eigenvalue weighted by Crippen LogP contribution is -2.37. The van der Waals surface area contributed by atoms with Crippen LogP contribution in [0.1, 0.15) is 31.5 Å². The number of fused-ring (bicyclic) bond motifs is 2. The number of thiazole rings is 1. The molecule has 4 heterocycles. The van der Waals surface area contributed by atoms with Crippen molar-refractivity contribution in [3.8, 4) is 11.1 Å². The van der Waals surface area contributed by atoms with E-state index in [4.69, 9.17) is 9.84 Å². The second-order valence-electron chi connectivity index (χ2n) is 10.2. The van der Waals surface area contributed by atoms with E-state index in [9.17, 15) is 9.59 Å². The standard InChI is InChI=1S/C29H32N4O4S/c34-27(35)19-32-11-9-24-26(18-32)38-28(30-24)29(36)33-12-8-23-22(5-2-6-25(23)33)21-4-1-3-20(17-21)7-10-31-13-15-37-16-14-31/h1-6,17H,7-16,18-19H2,(H,34,35). The average molecular weight is 533 g/mol. The molecule has 0 saturated carbocycles. The molecule has 1 fully saturated rings. The van der Waals surface area contributed by atoms with E-state index in [0.717, 1.165) is 61.9 Å². The summed E-state index contributed by atoms with van der Waals surface area (Å²) in [5, 5.41) is 9.62. The predicted molar refractivity (Wildman–Crippen MR) is 147 cm³/mol. The zero-order valence-electron chi connectivity index (χ0n) is 21.4. The van der Waals surface area contributed by atoms with Gasteiger partial charge in [-0.1, -0.05) is 36.4 Å². The first-order valence-electron chi connectivity index (χ1n) is 13.3. The topological polar surface area (TPSA) is 86.2 Å². The Kier molecular flexibility index (Phi) is 7.25. The maximum Gasteiger partial charge on any atom is 0.317 e. The van der Waals surface area contributed by atoms with Crippen molar-refractivity contribution in [1.29, 1.82) is 0 Å². The van der Waals surface area contributed by atoms with Gasteiger partial charge < -0.3 is 14.7 Å². The lowest BCUT2D eigenvalue weighted by molar-refractivity contribution is -0.138. The quantitative estimate of drug-likeness (QED) is 0.500. The number of hydrogen-bond acceptors (Lipinski definition) is 7. The fourth-order valence-corrected chi connectivity index (χ4v) is 6.80. The summed E-state index contributed by atoms with van der Waals surface area (Å²) in [6.45, 7) is 6.50. The predicted octanol–water partition coefficient (Wildman–Crippen LogP) is 3.33. The lowest BCUT2D eigenvalue weighted by Gasteiger charge is -2.26. The lowest BCUT2D eigenvalue weighted by atomic mass is 9.96. The van der Waals surface area contributed by atoms with Gasteiger partial charge in [-0.25, -0.2) is 4.98 Å². The fourth-order valence-electron chi connectivity index (χ4n) is 5.70. The van der Waals surface area contributed by atoms with E-state index in [0.29, 0.717) is 31.1 Å². The van der Waals surface area contributed by atoms with Crippen LogP contribution in [0, 0.1) is 0 Å². The maximum atomic E-state index is 13.6. The van der Waals surface area contributed by atoms with E-state index in [1.54, 1.807) is 0 Å². The summed E-state index contributed by atoms with van der Waals surface area (Å²) in [4.78, 5) is 36.6. The van der Waals surface area contributed by atoms with Crippen LogP contribution >= 0.6 is 11.3 Å². The summed E-state index contributed by atoms with van der Waals surface area (Å²) in [6.07, 6.45) is 2.49. The van der Waals surface area contributed by atoms with Gasteiger partial charge in [-0.05, 0) is 41.2 Å². The third-order valence-corrected chi connectivity index (χ3v) is 8.75. The number of anilines is 1. The van der Waals surface area contributed by atoms with Gasteiger partial charge in [-0.15, -0.1) is 11.3 Å². The first-order chi connectivity index (χ1) is 18.5. The van der Waals surface area contributed by atoms with E-state index in [1.165, 1.54) is 33.6 Å². The number of morpholine rings is 1. The number of carbonyl (C=O) groups excluding carboxylic acids is 1. The maximum absolute atomic E-state index is 13.6. The normalized spacial score (nSPS) is 17.8. The Hall–Kier alpha value is -3.11. The minimum atomic E-state index is -0.832. The smallest absolute Gasteiger partial charge is 0.317 e. The highest BCUT2D eigenvalue weighted by atomic mass is 32.1. The minimum Gasteiger partial charge on any atom is -0.480 e. The third-order valence-electron chi connectivity index (χ3n) is 7.68. The molecule has 1 amide bonds. The van der Waals surface area contributed by atoms with Crippen molar-refractivity contribution in [3.63, 3.8) is 0 Å². The van der Waals surface area contributed by atoms with Crippen LogP contribution in [0.3, 0.4) is 0 Å². The SMILES string of the molecule is O=C(O)CN1CCc2nc(C(=O)N3CCc4c(-c5cccc(CCN6CCOCC6)c5)cccc43)sc2C1. The highest BCUT2D eigenvalue weighted by Crippen LogP contribution is 2.38. The van der Waals surface area contributed by atoms with Crippen molar-refractivity contribution in [2.75, 3.05) is 57.4 Å². The van der Waals surface area contributed by atoms with Crippen molar-refractivity contribution in [2.24, 2.45) is 0 Å². The number of hydrogen-bond donors (Lipinski definition) is 1. The van der Waals surface area contributed by atoms with Crippen LogP contribution in [0.15, 0.2) is 42.5 Å². The molecular formula is C29H32N4O4S. The van der Waals surface area contributed by atoms with Crippen LogP contribution in [-0.4, -0.2) is 84.2 Å². The van der Waals surface area contributed by atoms with Crippen molar-refractivity contribution in [3.05, 3.63) is 69.2 Å². The molecule has 2 aromatic carbocycles. The Balaban J connectivity index is 1.19. The molecule has 0 spiro atoms. The Morgan fingerprint density at radius 3 is 2.68 bits per heavy atom. The second-order valence-corrected chi connectivity index (χ2v) is 11.2. The molecule has 0 unspecified atom stereocenters. The van der Waals surface area contributed by atoms with Crippen LogP contribution < -0.4 is 4.90 Å². The van der Waals surface area contributed by atoms with Crippen molar-refractivity contribution in [2.45, 2.75) is 25.8 Å². The van der Waals surface area contributed by atoms with Gasteiger partial charge in [0.05, 0.1) is 25.5 Å². The molecule has 1 saturated heterocycles. The van der Waals surface area contributed by atoms with E-state index in [1.807, 2.05) is 21.9 Å². The zero-order chi connectivity index (χ0) is 26.1. The molecule has 3 aliphatic heterocycles. The summed E-state index contributed by atoms with van der Waals surface area (Å²) in [5.74, 6) is -0.897. The number of aliphatic carboxylic acids is 1. The second kappa shape index (κ2) is 10.9. The number of ether oxygens (including phenoxy) is 1. The molecule has 0 aliphatic carbocycles. The summed E-state index contributed by atoms with van der Waals surface area (Å²) in [6, 6.07) is 15.0. The van der Waals surface area contributed by atoms with Gasteiger partial charge in [0.1, 0.15) is 0 Å². The Labute approximate surface area is 226 Å². The van der Waals surface area contributed by atoms with Crippen LogP contribution in [0.25, 0.3) is 11.1 Å². The summed E-state index contributed by atoms with van der Waals surface area (Å²) in [5.41, 5.74) is 6.81. The number of nitrogens with zero attached hydrogens (tertiary/aromatic N) is 4. The van der Waals surface area contributed by atoms with Gasteiger partial charge >= 0.3 is 5.97 Å². The first kappa shape index (κ1) is 25.2. The van der Waals surface area contributed by atoms with Gasteiger partial charge in [-0.3, -0.25) is 19.4 Å². The number of amides is 1.